The third kappa shape index (κ3) is 8.04. The van der Waals surface area contributed by atoms with E-state index in [1.807, 2.05) is 6.07 Å². The Kier molecular flexibility index (Phi) is 7.77. The molecule has 0 saturated carbocycles. The maximum Gasteiger partial charge on any atom is 0.325 e. The van der Waals surface area contributed by atoms with Gasteiger partial charge in [-0.05, 0) is 38.5 Å². The molecule has 0 aliphatic rings. The van der Waals surface area contributed by atoms with Crippen LogP contribution in [0.1, 0.15) is 32.4 Å². The lowest BCUT2D eigenvalue weighted by Gasteiger charge is -2.21. The van der Waals surface area contributed by atoms with Gasteiger partial charge in [0.05, 0.1) is 0 Å². The van der Waals surface area contributed by atoms with Gasteiger partial charge in [0.25, 0.3) is 5.91 Å². The molecule has 2 aromatic carbocycles. The van der Waals surface area contributed by atoms with Crippen LogP contribution in [0.5, 0.6) is 5.75 Å². The molecule has 0 spiro atoms. The van der Waals surface area contributed by atoms with Gasteiger partial charge in [0.15, 0.2) is 6.61 Å². The number of carbonyl (C=O) groups excluding carboxylic acids is 3. The largest absolute Gasteiger partial charge is 0.484 e. The molecule has 0 fully saturated rings. The van der Waals surface area contributed by atoms with Crippen molar-refractivity contribution < 1.29 is 23.9 Å². The number of para-hydroxylation sites is 1. The monoisotopic (exact) mass is 398 g/mol. The molecular formula is C22H26N2O5. The van der Waals surface area contributed by atoms with Gasteiger partial charge in [0.1, 0.15) is 23.9 Å². The molecule has 0 saturated heterocycles. The lowest BCUT2D eigenvalue weighted by atomic mass is 10.1. The molecule has 2 aromatic rings. The van der Waals surface area contributed by atoms with Crippen molar-refractivity contribution in [3.05, 3.63) is 66.2 Å². The lowest BCUT2D eigenvalue weighted by molar-refractivity contribution is -0.154. The first-order chi connectivity index (χ1) is 13.7. The highest BCUT2D eigenvalue weighted by molar-refractivity contribution is 5.90. The number of hydrogen-bond donors (Lipinski definition) is 2. The van der Waals surface area contributed by atoms with E-state index in [-0.39, 0.29) is 13.2 Å². The Labute approximate surface area is 170 Å². The lowest BCUT2D eigenvalue weighted by Crippen LogP contribution is -2.44. The van der Waals surface area contributed by atoms with Gasteiger partial charge >= 0.3 is 5.97 Å². The maximum absolute atomic E-state index is 12.6. The molecule has 0 bridgehead atoms. The van der Waals surface area contributed by atoms with Gasteiger partial charge in [0, 0.05) is 0 Å². The number of benzene rings is 2. The Morgan fingerprint density at radius 1 is 0.931 bits per heavy atom. The maximum atomic E-state index is 12.6. The number of ether oxygens (including phenoxy) is 2. The van der Waals surface area contributed by atoms with Crippen molar-refractivity contribution in [3.63, 3.8) is 0 Å². The minimum Gasteiger partial charge on any atom is -0.484 e. The molecule has 0 radical (unpaired) electrons. The van der Waals surface area contributed by atoms with Crippen LogP contribution in [0.25, 0.3) is 0 Å². The predicted molar refractivity (Wildman–Crippen MR) is 108 cm³/mol. The molecule has 7 nitrogen and oxygen atoms in total. The van der Waals surface area contributed by atoms with Crippen molar-refractivity contribution in [1.29, 1.82) is 0 Å². The fraction of sp³-hybridized carbons (Fsp3) is 0.318. The second-order valence-electron chi connectivity index (χ2n) is 7.32. The van der Waals surface area contributed by atoms with Crippen LogP contribution in [0.4, 0.5) is 0 Å². The third-order valence-electron chi connectivity index (χ3n) is 3.64. The summed E-state index contributed by atoms with van der Waals surface area (Å²) in [6, 6.07) is 16.7. The van der Waals surface area contributed by atoms with Crippen molar-refractivity contribution in [3.8, 4) is 5.75 Å². The zero-order chi connectivity index (χ0) is 21.3. The van der Waals surface area contributed by atoms with Crippen LogP contribution < -0.4 is 15.4 Å². The minimum atomic E-state index is -0.967. The van der Waals surface area contributed by atoms with Gasteiger partial charge in [-0.25, -0.2) is 0 Å². The van der Waals surface area contributed by atoms with Crippen LogP contribution in [0, 0.1) is 0 Å². The number of carbonyl (C=O) groups is 3. The Morgan fingerprint density at radius 2 is 1.52 bits per heavy atom. The topological polar surface area (TPSA) is 93.7 Å². The molecule has 154 valence electrons. The van der Waals surface area contributed by atoms with Gasteiger partial charge in [-0.3, -0.25) is 14.4 Å². The average molecular weight is 398 g/mol. The molecule has 2 amide bonds. The van der Waals surface area contributed by atoms with Gasteiger partial charge in [-0.1, -0.05) is 48.5 Å². The highest BCUT2D eigenvalue weighted by atomic mass is 16.6. The van der Waals surface area contributed by atoms with Gasteiger partial charge < -0.3 is 20.1 Å². The molecule has 0 heterocycles. The van der Waals surface area contributed by atoms with E-state index >= 15 is 0 Å². The van der Waals surface area contributed by atoms with Gasteiger partial charge in [-0.2, -0.15) is 0 Å². The van der Waals surface area contributed by atoms with Crippen molar-refractivity contribution in [2.45, 2.75) is 32.4 Å². The Balaban J connectivity index is 1.98. The average Bonchev–Trinajstić information content (AvgIpc) is 2.69. The zero-order valence-corrected chi connectivity index (χ0v) is 16.8. The van der Waals surface area contributed by atoms with Crippen molar-refractivity contribution in [2.75, 3.05) is 13.2 Å². The summed E-state index contributed by atoms with van der Waals surface area (Å²) >= 11 is 0. The highest BCUT2D eigenvalue weighted by Crippen LogP contribution is 2.14. The summed E-state index contributed by atoms with van der Waals surface area (Å²) in [6.07, 6.45) is 0. The molecular weight excluding hydrogens is 372 g/mol. The molecule has 1 atom stereocenters. The Bertz CT molecular complexity index is 816. The van der Waals surface area contributed by atoms with Crippen molar-refractivity contribution >= 4 is 17.8 Å². The van der Waals surface area contributed by atoms with Gasteiger partial charge in [0.2, 0.25) is 5.91 Å². The molecule has 0 aliphatic carbocycles. The molecule has 29 heavy (non-hydrogen) atoms. The first-order valence-electron chi connectivity index (χ1n) is 9.26. The van der Waals surface area contributed by atoms with E-state index < -0.39 is 29.4 Å². The quantitative estimate of drug-likeness (QED) is 0.666. The second-order valence-corrected chi connectivity index (χ2v) is 7.32. The van der Waals surface area contributed by atoms with E-state index in [9.17, 15) is 14.4 Å². The predicted octanol–water partition coefficient (Wildman–Crippen LogP) is 2.38. The van der Waals surface area contributed by atoms with Gasteiger partial charge in [-0.15, -0.1) is 0 Å². The van der Waals surface area contributed by atoms with E-state index in [2.05, 4.69) is 10.6 Å². The van der Waals surface area contributed by atoms with Crippen LogP contribution in [0.3, 0.4) is 0 Å². The number of esters is 1. The SMILES string of the molecule is CC(C)(C)OC(=O)CNC(=O)C(NC(=O)COc1ccccc1)c1ccccc1. The van der Waals surface area contributed by atoms with Crippen LogP contribution in [0.2, 0.25) is 0 Å². The number of amides is 2. The normalized spacial score (nSPS) is 11.8. The fourth-order valence-electron chi connectivity index (χ4n) is 2.45. The van der Waals surface area contributed by atoms with E-state index in [4.69, 9.17) is 9.47 Å². The highest BCUT2D eigenvalue weighted by Gasteiger charge is 2.24. The summed E-state index contributed by atoms with van der Waals surface area (Å²) in [4.78, 5) is 36.8. The van der Waals surface area contributed by atoms with Crippen molar-refractivity contribution in [1.82, 2.24) is 10.6 Å². The third-order valence-corrected chi connectivity index (χ3v) is 3.64. The summed E-state index contributed by atoms with van der Waals surface area (Å²) < 4.78 is 10.6. The van der Waals surface area contributed by atoms with Crippen LogP contribution in [-0.2, 0) is 19.1 Å². The van der Waals surface area contributed by atoms with E-state index in [0.29, 0.717) is 11.3 Å². The van der Waals surface area contributed by atoms with Crippen LogP contribution in [0.15, 0.2) is 60.7 Å². The Hall–Kier alpha value is -3.35. The van der Waals surface area contributed by atoms with E-state index in [1.165, 1.54) is 0 Å². The van der Waals surface area contributed by atoms with E-state index in [0.717, 1.165) is 0 Å². The van der Waals surface area contributed by atoms with Crippen LogP contribution >= 0.6 is 0 Å². The molecule has 7 heteroatoms. The first kappa shape index (κ1) is 21.9. The summed E-state index contributed by atoms with van der Waals surface area (Å²) in [5, 5.41) is 5.16. The number of hydrogen-bond acceptors (Lipinski definition) is 5. The molecule has 0 aromatic heterocycles. The fourth-order valence-corrected chi connectivity index (χ4v) is 2.45. The van der Waals surface area contributed by atoms with E-state index in [1.54, 1.807) is 75.4 Å². The molecule has 2 N–H and O–H groups in total. The minimum absolute atomic E-state index is 0.243. The molecule has 0 aliphatic heterocycles. The first-order valence-corrected chi connectivity index (χ1v) is 9.26. The summed E-state index contributed by atoms with van der Waals surface area (Å²) in [5.41, 5.74) is -0.0638. The smallest absolute Gasteiger partial charge is 0.325 e. The summed E-state index contributed by atoms with van der Waals surface area (Å²) in [7, 11) is 0. The zero-order valence-electron chi connectivity index (χ0n) is 16.8. The second kappa shape index (κ2) is 10.3. The summed E-state index contributed by atoms with van der Waals surface area (Å²) in [5.74, 6) is -0.991. The summed E-state index contributed by atoms with van der Waals surface area (Å²) in [6.45, 7) is 4.69. The molecule has 2 rings (SSSR count). The van der Waals surface area contributed by atoms with Crippen LogP contribution in [-0.4, -0.2) is 36.5 Å². The molecule has 1 unspecified atom stereocenters. The Morgan fingerprint density at radius 3 is 2.10 bits per heavy atom. The number of nitrogens with one attached hydrogen (secondary N) is 2. The number of rotatable bonds is 8. The van der Waals surface area contributed by atoms with Crippen molar-refractivity contribution in [2.24, 2.45) is 0 Å². The standard InChI is InChI=1S/C22H26N2O5/c1-22(2,3)29-19(26)14-23-21(27)20(16-10-6-4-7-11-16)24-18(25)15-28-17-12-8-5-9-13-17/h4-13,20H,14-15H2,1-3H3,(H,23,27)(H,24,25).